The molecule has 0 aliphatic heterocycles. The third-order valence-corrected chi connectivity index (χ3v) is 1.68. The van der Waals surface area contributed by atoms with Crippen LogP contribution in [0.25, 0.3) is 0 Å². The second-order valence-corrected chi connectivity index (χ2v) is 4.30. The van der Waals surface area contributed by atoms with Crippen LogP contribution in [0.3, 0.4) is 0 Å². The minimum atomic E-state index is -0.555. The maximum atomic E-state index is 9.48. The van der Waals surface area contributed by atoms with E-state index < -0.39 is 6.10 Å². The summed E-state index contributed by atoms with van der Waals surface area (Å²) in [7, 11) is 0. The van der Waals surface area contributed by atoms with Crippen molar-refractivity contribution >= 4 is 0 Å². The van der Waals surface area contributed by atoms with Gasteiger partial charge in [0.2, 0.25) is 0 Å². The van der Waals surface area contributed by atoms with Crippen LogP contribution in [0.1, 0.15) is 39.4 Å². The molecule has 3 heteroatoms. The SMILES string of the molecule is CC(O)c1cnccc1OC(C)(C)C. The third-order valence-electron chi connectivity index (χ3n) is 1.68. The van der Waals surface area contributed by atoms with Crippen LogP contribution in [-0.2, 0) is 0 Å². The molecule has 1 aromatic rings. The third kappa shape index (κ3) is 3.00. The van der Waals surface area contributed by atoms with Crippen molar-refractivity contribution in [3.8, 4) is 5.75 Å². The zero-order valence-corrected chi connectivity index (χ0v) is 9.11. The van der Waals surface area contributed by atoms with Gasteiger partial charge in [0.1, 0.15) is 11.4 Å². The topological polar surface area (TPSA) is 42.4 Å². The van der Waals surface area contributed by atoms with Crippen molar-refractivity contribution in [2.24, 2.45) is 0 Å². The van der Waals surface area contributed by atoms with Crippen LogP contribution in [-0.4, -0.2) is 15.7 Å². The molecule has 0 aliphatic rings. The molecule has 0 fully saturated rings. The molecule has 1 N–H and O–H groups in total. The van der Waals surface area contributed by atoms with Crippen molar-refractivity contribution in [1.29, 1.82) is 0 Å². The van der Waals surface area contributed by atoms with Gasteiger partial charge < -0.3 is 9.84 Å². The predicted octanol–water partition coefficient (Wildman–Crippen LogP) is 2.31. The largest absolute Gasteiger partial charge is 0.488 e. The molecule has 3 nitrogen and oxygen atoms in total. The van der Waals surface area contributed by atoms with E-state index in [0.29, 0.717) is 5.75 Å². The van der Waals surface area contributed by atoms with E-state index in [9.17, 15) is 5.11 Å². The number of aromatic nitrogens is 1. The molecule has 1 unspecified atom stereocenters. The molecule has 0 saturated carbocycles. The molecule has 0 amide bonds. The Kier molecular flexibility index (Phi) is 3.11. The Labute approximate surface area is 84.7 Å². The van der Waals surface area contributed by atoms with E-state index in [4.69, 9.17) is 4.74 Å². The number of hydrogen-bond acceptors (Lipinski definition) is 3. The van der Waals surface area contributed by atoms with Crippen LogP contribution in [0, 0.1) is 0 Å². The van der Waals surface area contributed by atoms with Crippen molar-refractivity contribution in [3.05, 3.63) is 24.0 Å². The molecular formula is C11H17NO2. The van der Waals surface area contributed by atoms with Gasteiger partial charge >= 0.3 is 0 Å². The van der Waals surface area contributed by atoms with Crippen LogP contribution in [0.5, 0.6) is 5.75 Å². The molecule has 0 bridgehead atoms. The van der Waals surface area contributed by atoms with E-state index in [1.54, 1.807) is 25.4 Å². The molecule has 1 aromatic heterocycles. The van der Waals surface area contributed by atoms with Gasteiger partial charge in [0.05, 0.1) is 6.10 Å². The highest BCUT2D eigenvalue weighted by Crippen LogP contribution is 2.26. The first-order valence-electron chi connectivity index (χ1n) is 4.71. The molecule has 0 aromatic carbocycles. The summed E-state index contributed by atoms with van der Waals surface area (Å²) in [5.74, 6) is 0.697. The average Bonchev–Trinajstić information content (AvgIpc) is 2.01. The number of ether oxygens (including phenoxy) is 1. The Morgan fingerprint density at radius 2 is 2.07 bits per heavy atom. The van der Waals surface area contributed by atoms with Gasteiger partial charge in [-0.1, -0.05) is 0 Å². The number of pyridine rings is 1. The highest BCUT2D eigenvalue weighted by molar-refractivity contribution is 5.32. The lowest BCUT2D eigenvalue weighted by atomic mass is 10.1. The summed E-state index contributed by atoms with van der Waals surface area (Å²) in [6.07, 6.45) is 2.74. The van der Waals surface area contributed by atoms with Crippen LogP contribution in [0.2, 0.25) is 0 Å². The van der Waals surface area contributed by atoms with Crippen molar-refractivity contribution in [2.45, 2.75) is 39.4 Å². The van der Waals surface area contributed by atoms with Crippen LogP contribution in [0.4, 0.5) is 0 Å². The van der Waals surface area contributed by atoms with Gasteiger partial charge in [-0.05, 0) is 33.8 Å². The Balaban J connectivity index is 2.96. The first-order valence-corrected chi connectivity index (χ1v) is 4.71. The monoisotopic (exact) mass is 195 g/mol. The molecule has 14 heavy (non-hydrogen) atoms. The standard InChI is InChI=1S/C11H17NO2/c1-8(13)9-7-12-6-5-10(9)14-11(2,3)4/h5-8,13H,1-4H3. The Morgan fingerprint density at radius 1 is 1.43 bits per heavy atom. The fourth-order valence-corrected chi connectivity index (χ4v) is 1.13. The fourth-order valence-electron chi connectivity index (χ4n) is 1.13. The first kappa shape index (κ1) is 11.0. The van der Waals surface area contributed by atoms with E-state index in [-0.39, 0.29) is 5.60 Å². The first-order chi connectivity index (χ1) is 6.40. The molecular weight excluding hydrogens is 178 g/mol. The van der Waals surface area contributed by atoms with E-state index in [2.05, 4.69) is 4.98 Å². The van der Waals surface area contributed by atoms with Gasteiger partial charge in [0.25, 0.3) is 0 Å². The summed E-state index contributed by atoms with van der Waals surface area (Å²) >= 11 is 0. The number of hydrogen-bond donors (Lipinski definition) is 1. The molecule has 1 heterocycles. The number of aliphatic hydroxyl groups is 1. The van der Waals surface area contributed by atoms with Gasteiger partial charge in [-0.25, -0.2) is 0 Å². The maximum Gasteiger partial charge on any atom is 0.128 e. The number of aliphatic hydroxyl groups excluding tert-OH is 1. The predicted molar refractivity (Wildman–Crippen MR) is 55.3 cm³/mol. The maximum absolute atomic E-state index is 9.48. The Hall–Kier alpha value is -1.09. The van der Waals surface area contributed by atoms with Crippen molar-refractivity contribution in [1.82, 2.24) is 4.98 Å². The van der Waals surface area contributed by atoms with Crippen molar-refractivity contribution in [2.75, 3.05) is 0 Å². The van der Waals surface area contributed by atoms with Crippen molar-refractivity contribution in [3.63, 3.8) is 0 Å². The van der Waals surface area contributed by atoms with Gasteiger partial charge in [0, 0.05) is 18.0 Å². The quantitative estimate of drug-likeness (QED) is 0.787. The Bertz CT molecular complexity index is 302. The molecule has 1 rings (SSSR count). The van der Waals surface area contributed by atoms with Crippen LogP contribution < -0.4 is 4.74 Å². The van der Waals surface area contributed by atoms with Crippen LogP contribution >= 0.6 is 0 Å². The number of nitrogens with zero attached hydrogens (tertiary/aromatic N) is 1. The average molecular weight is 195 g/mol. The van der Waals surface area contributed by atoms with E-state index in [0.717, 1.165) is 5.56 Å². The lowest BCUT2D eigenvalue weighted by Gasteiger charge is -2.23. The van der Waals surface area contributed by atoms with Gasteiger partial charge in [0.15, 0.2) is 0 Å². The van der Waals surface area contributed by atoms with Gasteiger partial charge in [-0.15, -0.1) is 0 Å². The second kappa shape index (κ2) is 3.96. The van der Waals surface area contributed by atoms with Gasteiger partial charge in [-0.2, -0.15) is 0 Å². The second-order valence-electron chi connectivity index (χ2n) is 4.30. The minimum Gasteiger partial charge on any atom is -0.488 e. The molecule has 1 atom stereocenters. The van der Waals surface area contributed by atoms with Crippen LogP contribution in [0.15, 0.2) is 18.5 Å². The van der Waals surface area contributed by atoms with E-state index in [1.807, 2.05) is 20.8 Å². The smallest absolute Gasteiger partial charge is 0.128 e. The summed E-state index contributed by atoms with van der Waals surface area (Å²) in [6, 6.07) is 1.77. The van der Waals surface area contributed by atoms with Gasteiger partial charge in [-0.3, -0.25) is 4.98 Å². The highest BCUT2D eigenvalue weighted by atomic mass is 16.5. The minimum absolute atomic E-state index is 0.259. The lowest BCUT2D eigenvalue weighted by molar-refractivity contribution is 0.120. The molecule has 78 valence electrons. The molecule has 0 radical (unpaired) electrons. The summed E-state index contributed by atoms with van der Waals surface area (Å²) in [5.41, 5.74) is 0.466. The van der Waals surface area contributed by atoms with Crippen molar-refractivity contribution < 1.29 is 9.84 Å². The molecule has 0 saturated heterocycles. The lowest BCUT2D eigenvalue weighted by Crippen LogP contribution is -2.23. The molecule has 0 spiro atoms. The normalized spacial score (nSPS) is 13.8. The highest BCUT2D eigenvalue weighted by Gasteiger charge is 2.16. The summed E-state index contributed by atoms with van der Waals surface area (Å²) < 4.78 is 5.69. The summed E-state index contributed by atoms with van der Waals surface area (Å²) in [6.45, 7) is 7.62. The zero-order chi connectivity index (χ0) is 10.8. The zero-order valence-electron chi connectivity index (χ0n) is 9.11. The summed E-state index contributed by atoms with van der Waals surface area (Å²) in [4.78, 5) is 3.96. The fraction of sp³-hybridized carbons (Fsp3) is 0.545. The Morgan fingerprint density at radius 3 is 2.57 bits per heavy atom. The molecule has 0 aliphatic carbocycles. The number of rotatable bonds is 2. The van der Waals surface area contributed by atoms with E-state index in [1.165, 1.54) is 0 Å². The van der Waals surface area contributed by atoms with E-state index >= 15 is 0 Å². The summed E-state index contributed by atoms with van der Waals surface area (Å²) in [5, 5.41) is 9.48.